The average Bonchev–Trinajstić information content (AvgIpc) is 2.62. The molecule has 0 aliphatic heterocycles. The van der Waals surface area contributed by atoms with Crippen molar-refractivity contribution in [2.75, 3.05) is 0 Å². The predicted molar refractivity (Wildman–Crippen MR) is 68.0 cm³/mol. The lowest BCUT2D eigenvalue weighted by Gasteiger charge is -2.10. The molecule has 18 heavy (non-hydrogen) atoms. The van der Waals surface area contributed by atoms with Gasteiger partial charge >= 0.3 is 0 Å². The molecule has 1 heterocycles. The van der Waals surface area contributed by atoms with Crippen LogP contribution >= 0.6 is 11.6 Å². The number of aromatic nitrogens is 2. The number of rotatable bonds is 3. The molecule has 2 aromatic rings. The van der Waals surface area contributed by atoms with Crippen LogP contribution in [0.15, 0.2) is 24.4 Å². The third-order valence-corrected chi connectivity index (χ3v) is 3.07. The largest absolute Gasteiger partial charge is 0.388 e. The predicted octanol–water partition coefficient (Wildman–Crippen LogP) is 2.80. The van der Waals surface area contributed by atoms with E-state index in [9.17, 15) is 9.50 Å². The van der Waals surface area contributed by atoms with E-state index in [0.717, 1.165) is 5.69 Å². The molecule has 0 saturated carbocycles. The van der Waals surface area contributed by atoms with E-state index < -0.39 is 11.9 Å². The minimum Gasteiger partial charge on any atom is -0.388 e. The van der Waals surface area contributed by atoms with Crippen LogP contribution in [0.25, 0.3) is 0 Å². The van der Waals surface area contributed by atoms with Gasteiger partial charge in [0, 0.05) is 30.3 Å². The first-order valence-electron chi connectivity index (χ1n) is 5.59. The smallest absolute Gasteiger partial charge is 0.127 e. The van der Waals surface area contributed by atoms with Gasteiger partial charge in [-0.2, -0.15) is 5.10 Å². The minimum atomic E-state index is -0.769. The molecule has 0 aliphatic rings. The van der Waals surface area contributed by atoms with Gasteiger partial charge in [-0.15, -0.1) is 0 Å². The molecule has 1 atom stereocenters. The van der Waals surface area contributed by atoms with Crippen molar-refractivity contribution in [3.63, 3.8) is 0 Å². The summed E-state index contributed by atoms with van der Waals surface area (Å²) in [4.78, 5) is 0. The fraction of sp³-hybridized carbons (Fsp3) is 0.308. The molecule has 1 N–H and O–H groups in total. The molecule has 0 fully saturated rings. The summed E-state index contributed by atoms with van der Waals surface area (Å²) in [6.07, 6.45) is 1.18. The van der Waals surface area contributed by atoms with Crippen molar-refractivity contribution in [1.82, 2.24) is 9.78 Å². The van der Waals surface area contributed by atoms with Gasteiger partial charge in [-0.3, -0.25) is 4.68 Å². The summed E-state index contributed by atoms with van der Waals surface area (Å²) in [5, 5.41) is 14.6. The van der Waals surface area contributed by atoms with Crippen molar-refractivity contribution < 1.29 is 9.50 Å². The summed E-state index contributed by atoms with van der Waals surface area (Å²) in [6.45, 7) is 1.82. The number of nitrogens with zero attached hydrogens (tertiary/aromatic N) is 2. The second-order valence-electron chi connectivity index (χ2n) is 4.30. The highest BCUT2D eigenvalue weighted by Crippen LogP contribution is 2.23. The maximum atomic E-state index is 13.6. The lowest BCUT2D eigenvalue weighted by Crippen LogP contribution is -2.04. The van der Waals surface area contributed by atoms with Crippen LogP contribution in [0.3, 0.4) is 0 Å². The summed E-state index contributed by atoms with van der Waals surface area (Å²) in [5.74, 6) is -0.400. The molecule has 0 saturated heterocycles. The van der Waals surface area contributed by atoms with E-state index in [1.807, 2.05) is 6.92 Å². The highest BCUT2D eigenvalue weighted by Gasteiger charge is 2.16. The zero-order chi connectivity index (χ0) is 13.3. The first-order chi connectivity index (χ1) is 8.47. The minimum absolute atomic E-state index is 0.204. The molecule has 0 bridgehead atoms. The summed E-state index contributed by atoms with van der Waals surface area (Å²) >= 11 is 5.68. The van der Waals surface area contributed by atoms with Crippen molar-refractivity contribution >= 4 is 11.6 Å². The van der Waals surface area contributed by atoms with E-state index in [2.05, 4.69) is 5.10 Å². The Morgan fingerprint density at radius 2 is 2.22 bits per heavy atom. The van der Waals surface area contributed by atoms with E-state index in [0.29, 0.717) is 16.1 Å². The molecule has 1 unspecified atom stereocenters. The normalized spacial score (nSPS) is 12.7. The second kappa shape index (κ2) is 5.08. The van der Waals surface area contributed by atoms with E-state index in [4.69, 9.17) is 11.6 Å². The Morgan fingerprint density at radius 3 is 2.78 bits per heavy atom. The lowest BCUT2D eigenvalue weighted by molar-refractivity contribution is 0.176. The van der Waals surface area contributed by atoms with Gasteiger partial charge in [-0.25, -0.2) is 4.39 Å². The fourth-order valence-electron chi connectivity index (χ4n) is 1.95. The molecular formula is C13H14ClFN2O. The van der Waals surface area contributed by atoms with Gasteiger partial charge in [0.1, 0.15) is 5.82 Å². The van der Waals surface area contributed by atoms with E-state index >= 15 is 0 Å². The van der Waals surface area contributed by atoms with Crippen LogP contribution < -0.4 is 0 Å². The summed E-state index contributed by atoms with van der Waals surface area (Å²) in [5.41, 5.74) is 1.90. The van der Waals surface area contributed by atoms with Crippen molar-refractivity contribution in [3.05, 3.63) is 52.1 Å². The van der Waals surface area contributed by atoms with Gasteiger partial charge in [0.15, 0.2) is 0 Å². The molecule has 1 aromatic heterocycles. The Morgan fingerprint density at radius 1 is 1.50 bits per heavy atom. The highest BCUT2D eigenvalue weighted by molar-refractivity contribution is 6.30. The van der Waals surface area contributed by atoms with Gasteiger partial charge < -0.3 is 5.11 Å². The fourth-order valence-corrected chi connectivity index (χ4v) is 2.11. The van der Waals surface area contributed by atoms with Crippen LogP contribution in [0, 0.1) is 12.7 Å². The maximum Gasteiger partial charge on any atom is 0.127 e. The van der Waals surface area contributed by atoms with Crippen molar-refractivity contribution in [3.8, 4) is 0 Å². The number of aliphatic hydroxyl groups is 1. The Kier molecular flexibility index (Phi) is 3.68. The molecule has 3 nitrogen and oxygen atoms in total. The molecule has 96 valence electrons. The van der Waals surface area contributed by atoms with Crippen molar-refractivity contribution in [2.24, 2.45) is 7.05 Å². The lowest BCUT2D eigenvalue weighted by atomic mass is 10.0. The van der Waals surface area contributed by atoms with Crippen LogP contribution in [-0.4, -0.2) is 14.9 Å². The summed E-state index contributed by atoms with van der Waals surface area (Å²) < 4.78 is 15.2. The van der Waals surface area contributed by atoms with Gasteiger partial charge in [-0.05, 0) is 24.6 Å². The van der Waals surface area contributed by atoms with Crippen LogP contribution in [0.5, 0.6) is 0 Å². The standard InChI is InChI=1S/C13H14ClFN2O/c1-8-11(7-17(2)16-8)13(18)5-9-3-4-10(14)6-12(9)15/h3-4,6-7,13,18H,5H2,1-2H3. The third kappa shape index (κ3) is 2.71. The Labute approximate surface area is 110 Å². The zero-order valence-electron chi connectivity index (χ0n) is 10.2. The van der Waals surface area contributed by atoms with Gasteiger partial charge in [0.25, 0.3) is 0 Å². The number of hydrogen-bond donors (Lipinski definition) is 1. The summed E-state index contributed by atoms with van der Waals surface area (Å²) in [7, 11) is 1.78. The summed E-state index contributed by atoms with van der Waals surface area (Å²) in [6, 6.07) is 4.45. The second-order valence-corrected chi connectivity index (χ2v) is 4.74. The Hall–Kier alpha value is -1.39. The maximum absolute atomic E-state index is 13.6. The quantitative estimate of drug-likeness (QED) is 0.930. The molecule has 0 amide bonds. The number of aryl methyl sites for hydroxylation is 2. The molecule has 0 aliphatic carbocycles. The highest BCUT2D eigenvalue weighted by atomic mass is 35.5. The van der Waals surface area contributed by atoms with Crippen LogP contribution in [0.1, 0.15) is 22.9 Å². The number of benzene rings is 1. The first-order valence-corrected chi connectivity index (χ1v) is 5.97. The molecule has 5 heteroatoms. The van der Waals surface area contributed by atoms with Crippen LogP contribution in [-0.2, 0) is 13.5 Å². The average molecular weight is 269 g/mol. The van der Waals surface area contributed by atoms with E-state index in [1.165, 1.54) is 6.07 Å². The van der Waals surface area contributed by atoms with Crippen LogP contribution in [0.2, 0.25) is 5.02 Å². The van der Waals surface area contributed by atoms with E-state index in [1.54, 1.807) is 30.1 Å². The molecule has 0 spiro atoms. The Balaban J connectivity index is 2.21. The molecule has 0 radical (unpaired) electrons. The van der Waals surface area contributed by atoms with Crippen molar-refractivity contribution in [1.29, 1.82) is 0 Å². The molecule has 1 aromatic carbocycles. The Bertz CT molecular complexity index is 568. The van der Waals surface area contributed by atoms with Gasteiger partial charge in [0.2, 0.25) is 0 Å². The SMILES string of the molecule is Cc1nn(C)cc1C(O)Cc1ccc(Cl)cc1F. The number of halogens is 2. The third-order valence-electron chi connectivity index (χ3n) is 2.84. The van der Waals surface area contributed by atoms with Gasteiger partial charge in [0.05, 0.1) is 11.8 Å². The van der Waals surface area contributed by atoms with Crippen molar-refractivity contribution in [2.45, 2.75) is 19.4 Å². The topological polar surface area (TPSA) is 38.0 Å². The van der Waals surface area contributed by atoms with Gasteiger partial charge in [-0.1, -0.05) is 17.7 Å². The molecule has 2 rings (SSSR count). The van der Waals surface area contributed by atoms with Crippen LogP contribution in [0.4, 0.5) is 4.39 Å². The van der Waals surface area contributed by atoms with E-state index in [-0.39, 0.29) is 6.42 Å². The molecular weight excluding hydrogens is 255 g/mol. The first kappa shape index (κ1) is 13.1. The zero-order valence-corrected chi connectivity index (χ0v) is 10.9. The number of hydrogen-bond acceptors (Lipinski definition) is 2. The monoisotopic (exact) mass is 268 g/mol. The number of aliphatic hydroxyl groups excluding tert-OH is 1.